The van der Waals surface area contributed by atoms with Crippen LogP contribution in [0.3, 0.4) is 0 Å². The van der Waals surface area contributed by atoms with Crippen molar-refractivity contribution in [2.24, 2.45) is 0 Å². The number of rotatable bonds is 5. The van der Waals surface area contributed by atoms with Crippen molar-refractivity contribution in [2.75, 3.05) is 18.4 Å². The van der Waals surface area contributed by atoms with E-state index >= 15 is 0 Å². The Morgan fingerprint density at radius 2 is 1.90 bits per heavy atom. The van der Waals surface area contributed by atoms with Crippen molar-refractivity contribution in [2.45, 2.75) is 44.0 Å². The van der Waals surface area contributed by atoms with Crippen LogP contribution in [0.15, 0.2) is 40.0 Å². The molecule has 1 aliphatic rings. The van der Waals surface area contributed by atoms with E-state index in [2.05, 4.69) is 15.4 Å². The predicted octanol–water partition coefficient (Wildman–Crippen LogP) is 2.64. The molecule has 3 aromatic rings. The molecule has 29 heavy (non-hydrogen) atoms. The van der Waals surface area contributed by atoms with Crippen LogP contribution in [0.4, 0.5) is 5.69 Å². The summed E-state index contributed by atoms with van der Waals surface area (Å²) in [6.45, 7) is 3.28. The van der Waals surface area contributed by atoms with Gasteiger partial charge < -0.3 is 5.32 Å². The van der Waals surface area contributed by atoms with Gasteiger partial charge in [-0.3, -0.25) is 4.79 Å². The highest BCUT2D eigenvalue weighted by Crippen LogP contribution is 2.23. The van der Waals surface area contributed by atoms with Crippen LogP contribution in [0.25, 0.3) is 4.96 Å². The number of nitrogens with one attached hydrogen (secondary N) is 1. The number of aryl methyl sites for hydroxylation is 1. The molecule has 0 unspecified atom stereocenters. The minimum Gasteiger partial charge on any atom is -0.379 e. The van der Waals surface area contributed by atoms with Crippen LogP contribution < -0.4 is 10.9 Å². The zero-order chi connectivity index (χ0) is 20.4. The first-order chi connectivity index (χ1) is 13.9. The van der Waals surface area contributed by atoms with Gasteiger partial charge in [0.25, 0.3) is 5.56 Å². The van der Waals surface area contributed by atoms with Gasteiger partial charge in [-0.15, -0.1) is 0 Å². The minimum absolute atomic E-state index is 0.228. The molecule has 1 N–H and O–H groups in total. The second kappa shape index (κ2) is 8.21. The highest BCUT2D eigenvalue weighted by molar-refractivity contribution is 7.89. The van der Waals surface area contributed by atoms with Crippen LogP contribution in [0.5, 0.6) is 0 Å². The van der Waals surface area contributed by atoms with Gasteiger partial charge in [0.15, 0.2) is 0 Å². The molecule has 10 heteroatoms. The third-order valence-electron chi connectivity index (χ3n) is 4.91. The Hall–Kier alpha value is -2.30. The van der Waals surface area contributed by atoms with E-state index in [4.69, 9.17) is 0 Å². The van der Waals surface area contributed by atoms with Crippen molar-refractivity contribution in [3.63, 3.8) is 0 Å². The summed E-state index contributed by atoms with van der Waals surface area (Å²) in [6, 6.07) is 8.25. The molecule has 0 aliphatic carbocycles. The number of anilines is 1. The zero-order valence-corrected chi connectivity index (χ0v) is 17.8. The van der Waals surface area contributed by atoms with Gasteiger partial charge in [-0.1, -0.05) is 30.2 Å². The van der Waals surface area contributed by atoms with Gasteiger partial charge in [-0.2, -0.15) is 13.9 Å². The number of aromatic nitrogens is 3. The van der Waals surface area contributed by atoms with Crippen LogP contribution in [0.1, 0.15) is 36.4 Å². The lowest BCUT2D eigenvalue weighted by atomic mass is 10.2. The molecule has 0 amide bonds. The molecule has 0 spiro atoms. The lowest BCUT2D eigenvalue weighted by Gasteiger charge is -2.20. The Morgan fingerprint density at radius 3 is 2.66 bits per heavy atom. The zero-order valence-electron chi connectivity index (χ0n) is 16.2. The molecule has 154 valence electrons. The molecule has 1 fully saturated rings. The average molecular weight is 434 g/mol. The summed E-state index contributed by atoms with van der Waals surface area (Å²) < 4.78 is 28.9. The van der Waals surface area contributed by atoms with Gasteiger partial charge in [0.1, 0.15) is 5.01 Å². The fraction of sp³-hybridized carbons (Fsp3) is 0.421. The van der Waals surface area contributed by atoms with E-state index in [1.165, 1.54) is 21.9 Å². The molecule has 2 aromatic heterocycles. The first kappa shape index (κ1) is 20.0. The lowest BCUT2D eigenvalue weighted by molar-refractivity contribution is 0.424. The molecule has 0 bridgehead atoms. The molecule has 3 heterocycles. The summed E-state index contributed by atoms with van der Waals surface area (Å²) in [7, 11) is -3.51. The van der Waals surface area contributed by atoms with E-state index in [9.17, 15) is 13.2 Å². The molecule has 4 rings (SSSR count). The van der Waals surface area contributed by atoms with Gasteiger partial charge in [0.2, 0.25) is 15.0 Å². The van der Waals surface area contributed by atoms with Crippen LogP contribution in [0, 0.1) is 6.92 Å². The Balaban J connectivity index is 1.52. The van der Waals surface area contributed by atoms with E-state index in [1.54, 1.807) is 22.5 Å². The van der Waals surface area contributed by atoms with Crippen LogP contribution in [-0.2, 0) is 16.6 Å². The van der Waals surface area contributed by atoms with Crippen molar-refractivity contribution in [3.05, 3.63) is 51.4 Å². The Bertz CT molecular complexity index is 1180. The van der Waals surface area contributed by atoms with Crippen molar-refractivity contribution in [3.8, 4) is 0 Å². The number of hydrogen-bond acceptors (Lipinski definition) is 7. The van der Waals surface area contributed by atoms with Gasteiger partial charge in [-0.25, -0.2) is 13.4 Å². The van der Waals surface area contributed by atoms with E-state index in [0.717, 1.165) is 30.7 Å². The SMILES string of the molecule is Cc1nn2c(=O)cc(CNc3cccc(S(=O)(=O)N4CCCCCC4)c3)nc2s1. The maximum Gasteiger partial charge on any atom is 0.275 e. The van der Waals surface area contributed by atoms with Crippen molar-refractivity contribution < 1.29 is 8.42 Å². The summed E-state index contributed by atoms with van der Waals surface area (Å²) in [6.07, 6.45) is 3.95. The Kier molecular flexibility index (Phi) is 5.66. The molecule has 0 saturated carbocycles. The van der Waals surface area contributed by atoms with Gasteiger partial charge in [-0.05, 0) is 38.0 Å². The second-order valence-electron chi connectivity index (χ2n) is 7.10. The molecular weight excluding hydrogens is 410 g/mol. The Labute approximate surface area is 173 Å². The summed E-state index contributed by atoms with van der Waals surface area (Å²) >= 11 is 1.35. The quantitative estimate of drug-likeness (QED) is 0.664. The van der Waals surface area contributed by atoms with E-state index in [-0.39, 0.29) is 10.5 Å². The second-order valence-corrected chi connectivity index (χ2v) is 10.2. The van der Waals surface area contributed by atoms with E-state index < -0.39 is 10.0 Å². The number of nitrogens with zero attached hydrogens (tertiary/aromatic N) is 4. The molecule has 0 atom stereocenters. The summed E-state index contributed by atoms with van der Waals surface area (Å²) in [5.41, 5.74) is 1.02. The van der Waals surface area contributed by atoms with Crippen molar-refractivity contribution in [1.82, 2.24) is 18.9 Å². The van der Waals surface area contributed by atoms with Crippen LogP contribution >= 0.6 is 11.3 Å². The average Bonchev–Trinajstić information content (AvgIpc) is 2.90. The number of hydrogen-bond donors (Lipinski definition) is 1. The van der Waals surface area contributed by atoms with Gasteiger partial charge in [0.05, 0.1) is 17.1 Å². The number of sulfonamides is 1. The van der Waals surface area contributed by atoms with E-state index in [0.29, 0.717) is 36.0 Å². The van der Waals surface area contributed by atoms with Crippen molar-refractivity contribution >= 4 is 32.0 Å². The van der Waals surface area contributed by atoms with Crippen LogP contribution in [-0.4, -0.2) is 40.4 Å². The first-order valence-corrected chi connectivity index (χ1v) is 11.9. The third kappa shape index (κ3) is 4.34. The Morgan fingerprint density at radius 1 is 1.14 bits per heavy atom. The van der Waals surface area contributed by atoms with Crippen LogP contribution in [0.2, 0.25) is 0 Å². The minimum atomic E-state index is -3.51. The van der Waals surface area contributed by atoms with E-state index in [1.807, 2.05) is 13.0 Å². The predicted molar refractivity (Wildman–Crippen MR) is 113 cm³/mol. The molecule has 8 nitrogen and oxygen atoms in total. The fourth-order valence-electron chi connectivity index (χ4n) is 3.43. The molecule has 1 aliphatic heterocycles. The number of benzene rings is 1. The smallest absolute Gasteiger partial charge is 0.275 e. The highest BCUT2D eigenvalue weighted by atomic mass is 32.2. The standard InChI is InChI=1S/C19H23N5O3S2/c1-14-22-24-18(25)12-16(21-19(24)28-14)13-20-15-7-6-8-17(11-15)29(26,27)23-9-4-2-3-5-10-23/h6-8,11-12,20H,2-5,9-10,13H2,1H3. The largest absolute Gasteiger partial charge is 0.379 e. The maximum absolute atomic E-state index is 13.0. The topological polar surface area (TPSA) is 96.7 Å². The van der Waals surface area contributed by atoms with Gasteiger partial charge >= 0.3 is 0 Å². The summed E-state index contributed by atoms with van der Waals surface area (Å²) in [4.78, 5) is 17.5. The number of fused-ring (bicyclic) bond motifs is 1. The lowest BCUT2D eigenvalue weighted by Crippen LogP contribution is -2.31. The first-order valence-electron chi connectivity index (χ1n) is 9.64. The monoisotopic (exact) mass is 433 g/mol. The summed E-state index contributed by atoms with van der Waals surface area (Å²) in [5.74, 6) is 0. The summed E-state index contributed by atoms with van der Waals surface area (Å²) in [5, 5.41) is 8.08. The van der Waals surface area contributed by atoms with Gasteiger partial charge in [0, 0.05) is 24.8 Å². The molecule has 1 saturated heterocycles. The fourth-order valence-corrected chi connectivity index (χ4v) is 5.76. The molecule has 1 aromatic carbocycles. The normalized spacial score (nSPS) is 16.0. The maximum atomic E-state index is 13.0. The third-order valence-corrected chi connectivity index (χ3v) is 7.63. The van der Waals surface area contributed by atoms with Crippen molar-refractivity contribution in [1.29, 1.82) is 0 Å². The molecule has 0 radical (unpaired) electrons. The molecular formula is C19H23N5O3S2. The highest BCUT2D eigenvalue weighted by Gasteiger charge is 2.25.